The first-order valence-corrected chi connectivity index (χ1v) is 3.17. The lowest BCUT2D eigenvalue weighted by atomic mass is 10.3. The molecule has 0 heterocycles. The number of ether oxygens (including phenoxy) is 1. The van der Waals surface area contributed by atoms with E-state index in [2.05, 4.69) is 0 Å². The SMILES string of the molecule is CCOCCC(O)C(=O)O. The van der Waals surface area contributed by atoms with Gasteiger partial charge in [0.15, 0.2) is 6.10 Å². The first-order chi connectivity index (χ1) is 4.68. The molecule has 0 aromatic rings. The van der Waals surface area contributed by atoms with E-state index in [1.54, 1.807) is 0 Å². The van der Waals surface area contributed by atoms with Gasteiger partial charge in [0.2, 0.25) is 0 Å². The second-order valence-corrected chi connectivity index (χ2v) is 1.84. The van der Waals surface area contributed by atoms with Crippen LogP contribution in [0.1, 0.15) is 13.3 Å². The van der Waals surface area contributed by atoms with E-state index >= 15 is 0 Å². The molecular weight excluding hydrogens is 136 g/mol. The Balaban J connectivity index is 3.21. The van der Waals surface area contributed by atoms with Gasteiger partial charge in [0.1, 0.15) is 0 Å². The van der Waals surface area contributed by atoms with E-state index in [1.807, 2.05) is 6.92 Å². The molecule has 0 aliphatic rings. The van der Waals surface area contributed by atoms with Gasteiger partial charge in [-0.3, -0.25) is 0 Å². The Hall–Kier alpha value is -0.610. The molecule has 0 saturated carbocycles. The third kappa shape index (κ3) is 4.29. The number of carbonyl (C=O) groups is 1. The molecule has 60 valence electrons. The summed E-state index contributed by atoms with van der Waals surface area (Å²) in [5.74, 6) is -1.19. The smallest absolute Gasteiger partial charge is 0.332 e. The van der Waals surface area contributed by atoms with Crippen molar-refractivity contribution in [2.45, 2.75) is 19.4 Å². The Morgan fingerprint density at radius 1 is 1.70 bits per heavy atom. The molecule has 1 atom stereocenters. The second-order valence-electron chi connectivity index (χ2n) is 1.84. The third-order valence-corrected chi connectivity index (χ3v) is 1.02. The van der Waals surface area contributed by atoms with Crippen LogP contribution in [-0.2, 0) is 9.53 Å². The van der Waals surface area contributed by atoms with Gasteiger partial charge in [-0.25, -0.2) is 4.79 Å². The van der Waals surface area contributed by atoms with E-state index in [0.717, 1.165) is 0 Å². The van der Waals surface area contributed by atoms with Gasteiger partial charge in [-0.05, 0) is 6.92 Å². The van der Waals surface area contributed by atoms with E-state index in [4.69, 9.17) is 14.9 Å². The van der Waals surface area contributed by atoms with Crippen molar-refractivity contribution in [3.8, 4) is 0 Å². The fourth-order valence-corrected chi connectivity index (χ4v) is 0.463. The predicted molar refractivity (Wildman–Crippen MR) is 34.8 cm³/mol. The van der Waals surface area contributed by atoms with Crippen LogP contribution >= 0.6 is 0 Å². The number of carboxylic acids is 1. The van der Waals surface area contributed by atoms with E-state index in [1.165, 1.54) is 0 Å². The number of aliphatic hydroxyl groups is 1. The maximum atomic E-state index is 9.99. The first-order valence-electron chi connectivity index (χ1n) is 3.17. The van der Waals surface area contributed by atoms with Crippen LogP contribution in [0.5, 0.6) is 0 Å². The van der Waals surface area contributed by atoms with Crippen molar-refractivity contribution in [3.63, 3.8) is 0 Å². The second kappa shape index (κ2) is 5.20. The molecule has 0 amide bonds. The lowest BCUT2D eigenvalue weighted by molar-refractivity contribution is -0.147. The highest BCUT2D eigenvalue weighted by atomic mass is 16.5. The summed E-state index contributed by atoms with van der Waals surface area (Å²) in [7, 11) is 0. The summed E-state index contributed by atoms with van der Waals surface area (Å²) in [6, 6.07) is 0. The summed E-state index contributed by atoms with van der Waals surface area (Å²) in [6.45, 7) is 2.66. The lowest BCUT2D eigenvalue weighted by Crippen LogP contribution is -2.21. The van der Waals surface area contributed by atoms with E-state index in [0.29, 0.717) is 13.2 Å². The minimum Gasteiger partial charge on any atom is -0.479 e. The normalized spacial score (nSPS) is 13.0. The topological polar surface area (TPSA) is 66.8 Å². The van der Waals surface area contributed by atoms with Crippen LogP contribution < -0.4 is 0 Å². The van der Waals surface area contributed by atoms with Crippen LogP contribution in [-0.4, -0.2) is 35.5 Å². The molecule has 0 fully saturated rings. The number of rotatable bonds is 5. The summed E-state index contributed by atoms with van der Waals surface area (Å²) >= 11 is 0. The molecule has 2 N–H and O–H groups in total. The fraction of sp³-hybridized carbons (Fsp3) is 0.833. The standard InChI is InChI=1S/C6H12O4/c1-2-10-4-3-5(7)6(8)9/h5,7H,2-4H2,1H3,(H,8,9). The highest BCUT2D eigenvalue weighted by Gasteiger charge is 2.11. The van der Waals surface area contributed by atoms with Crippen LogP contribution in [0.15, 0.2) is 0 Å². The summed E-state index contributed by atoms with van der Waals surface area (Å²) in [6.07, 6.45) is -1.13. The van der Waals surface area contributed by atoms with Crippen molar-refractivity contribution >= 4 is 5.97 Å². The molecule has 0 rings (SSSR count). The average molecular weight is 148 g/mol. The Labute approximate surface area is 59.4 Å². The van der Waals surface area contributed by atoms with Crippen molar-refractivity contribution in [2.75, 3.05) is 13.2 Å². The molecule has 0 aromatic heterocycles. The van der Waals surface area contributed by atoms with Gasteiger partial charge < -0.3 is 14.9 Å². The summed E-state index contributed by atoms with van der Waals surface area (Å²) in [5.41, 5.74) is 0. The van der Waals surface area contributed by atoms with E-state index in [9.17, 15) is 4.79 Å². The fourth-order valence-electron chi connectivity index (χ4n) is 0.463. The maximum Gasteiger partial charge on any atom is 0.332 e. The molecule has 0 radical (unpaired) electrons. The Morgan fingerprint density at radius 3 is 2.70 bits per heavy atom. The van der Waals surface area contributed by atoms with Crippen LogP contribution in [0, 0.1) is 0 Å². The summed E-state index contributed by atoms with van der Waals surface area (Å²) in [5, 5.41) is 16.8. The zero-order chi connectivity index (χ0) is 7.98. The minimum absolute atomic E-state index is 0.156. The van der Waals surface area contributed by atoms with Crippen LogP contribution in [0.4, 0.5) is 0 Å². The molecule has 1 unspecified atom stereocenters. The van der Waals surface area contributed by atoms with E-state index < -0.39 is 12.1 Å². The molecule has 0 bridgehead atoms. The van der Waals surface area contributed by atoms with Gasteiger partial charge in [0, 0.05) is 19.6 Å². The number of aliphatic carboxylic acids is 1. The highest BCUT2D eigenvalue weighted by molar-refractivity contribution is 5.71. The lowest BCUT2D eigenvalue weighted by Gasteiger charge is -2.03. The van der Waals surface area contributed by atoms with Crippen molar-refractivity contribution in [1.29, 1.82) is 0 Å². The first kappa shape index (κ1) is 9.39. The minimum atomic E-state index is -1.29. The van der Waals surface area contributed by atoms with Crippen molar-refractivity contribution < 1.29 is 19.7 Å². The molecule has 0 aliphatic carbocycles. The quantitative estimate of drug-likeness (QED) is 0.532. The monoisotopic (exact) mass is 148 g/mol. The van der Waals surface area contributed by atoms with Crippen molar-refractivity contribution in [3.05, 3.63) is 0 Å². The van der Waals surface area contributed by atoms with Gasteiger partial charge in [0.05, 0.1) is 0 Å². The molecule has 0 saturated heterocycles. The number of hydrogen-bond donors (Lipinski definition) is 2. The van der Waals surface area contributed by atoms with Crippen LogP contribution in [0.3, 0.4) is 0 Å². The summed E-state index contributed by atoms with van der Waals surface area (Å²) < 4.78 is 4.83. The Bertz CT molecular complexity index is 102. The van der Waals surface area contributed by atoms with Gasteiger partial charge in [0.25, 0.3) is 0 Å². The van der Waals surface area contributed by atoms with Crippen molar-refractivity contribution in [2.24, 2.45) is 0 Å². The number of carboxylic acid groups (broad SMARTS) is 1. The molecule has 0 spiro atoms. The largest absolute Gasteiger partial charge is 0.479 e. The molecule has 0 aromatic carbocycles. The zero-order valence-electron chi connectivity index (χ0n) is 5.91. The molecule has 4 nitrogen and oxygen atoms in total. The Morgan fingerprint density at radius 2 is 2.30 bits per heavy atom. The molecule has 0 aliphatic heterocycles. The molecule has 4 heteroatoms. The molecular formula is C6H12O4. The molecule has 10 heavy (non-hydrogen) atoms. The average Bonchev–Trinajstić information content (AvgIpc) is 1.88. The third-order valence-electron chi connectivity index (χ3n) is 1.02. The zero-order valence-corrected chi connectivity index (χ0v) is 5.91. The van der Waals surface area contributed by atoms with E-state index in [-0.39, 0.29) is 6.42 Å². The number of hydrogen-bond acceptors (Lipinski definition) is 3. The van der Waals surface area contributed by atoms with Gasteiger partial charge in [-0.2, -0.15) is 0 Å². The van der Waals surface area contributed by atoms with Gasteiger partial charge in [-0.1, -0.05) is 0 Å². The highest BCUT2D eigenvalue weighted by Crippen LogP contribution is 1.91. The number of aliphatic hydroxyl groups excluding tert-OH is 1. The van der Waals surface area contributed by atoms with Crippen molar-refractivity contribution in [1.82, 2.24) is 0 Å². The van der Waals surface area contributed by atoms with Gasteiger partial charge in [-0.15, -0.1) is 0 Å². The van der Waals surface area contributed by atoms with Gasteiger partial charge >= 0.3 is 5.97 Å². The van der Waals surface area contributed by atoms with Crippen LogP contribution in [0.2, 0.25) is 0 Å². The predicted octanol–water partition coefficient (Wildman–Crippen LogP) is -0.142. The maximum absolute atomic E-state index is 9.99. The summed E-state index contributed by atoms with van der Waals surface area (Å²) in [4.78, 5) is 9.99. The Kier molecular flexibility index (Phi) is 4.88. The van der Waals surface area contributed by atoms with Crippen LogP contribution in [0.25, 0.3) is 0 Å².